The average molecular weight is 245 g/mol. The molecule has 0 unspecified atom stereocenters. The number of rotatable bonds is 3. The van der Waals surface area contributed by atoms with E-state index in [4.69, 9.17) is 5.73 Å². The second-order valence-electron chi connectivity index (χ2n) is 3.61. The molecule has 0 saturated carbocycles. The van der Waals surface area contributed by atoms with Crippen LogP contribution in [-0.2, 0) is 6.42 Å². The minimum Gasteiger partial charge on any atom is -0.330 e. The molecular formula is C11H11N5S. The van der Waals surface area contributed by atoms with Gasteiger partial charge in [0.25, 0.3) is 0 Å². The van der Waals surface area contributed by atoms with Gasteiger partial charge >= 0.3 is 0 Å². The summed E-state index contributed by atoms with van der Waals surface area (Å²) in [5, 5.41) is 8.81. The van der Waals surface area contributed by atoms with Crippen LogP contribution in [0.1, 0.15) is 5.82 Å². The standard InChI is InChI=1S/C11H11N5S/c12-6-5-10-14-8-3-1-2-4-9(8)16(10)11-15-13-7-17-11/h1-4,7H,5-6,12H2. The molecule has 5 nitrogen and oxygen atoms in total. The van der Waals surface area contributed by atoms with Crippen molar-refractivity contribution in [2.45, 2.75) is 6.42 Å². The minimum atomic E-state index is 0.572. The lowest BCUT2D eigenvalue weighted by Gasteiger charge is -2.02. The van der Waals surface area contributed by atoms with Gasteiger partial charge in [-0.2, -0.15) is 0 Å². The Hall–Kier alpha value is -1.79. The summed E-state index contributed by atoms with van der Waals surface area (Å²) in [6, 6.07) is 8.00. The van der Waals surface area contributed by atoms with Crippen molar-refractivity contribution in [2.75, 3.05) is 6.54 Å². The van der Waals surface area contributed by atoms with Crippen LogP contribution in [0.25, 0.3) is 16.2 Å². The summed E-state index contributed by atoms with van der Waals surface area (Å²) >= 11 is 1.50. The molecule has 0 fully saturated rings. The maximum Gasteiger partial charge on any atom is 0.218 e. The van der Waals surface area contributed by atoms with Crippen molar-refractivity contribution < 1.29 is 0 Å². The maximum absolute atomic E-state index is 5.62. The van der Waals surface area contributed by atoms with Gasteiger partial charge in [0.05, 0.1) is 11.0 Å². The summed E-state index contributed by atoms with van der Waals surface area (Å²) in [6.45, 7) is 0.572. The van der Waals surface area contributed by atoms with Crippen LogP contribution in [0.4, 0.5) is 0 Å². The molecule has 6 heteroatoms. The number of hydrogen-bond acceptors (Lipinski definition) is 5. The number of nitrogens with two attached hydrogens (primary N) is 1. The molecule has 0 aliphatic heterocycles. The Balaban J connectivity index is 2.28. The zero-order chi connectivity index (χ0) is 11.7. The average Bonchev–Trinajstić information content (AvgIpc) is 2.94. The zero-order valence-corrected chi connectivity index (χ0v) is 9.89. The van der Waals surface area contributed by atoms with Crippen molar-refractivity contribution in [3.8, 4) is 5.13 Å². The first kappa shape index (κ1) is 10.4. The smallest absolute Gasteiger partial charge is 0.218 e. The van der Waals surface area contributed by atoms with Gasteiger partial charge in [-0.1, -0.05) is 23.5 Å². The van der Waals surface area contributed by atoms with E-state index in [1.54, 1.807) is 5.51 Å². The Morgan fingerprint density at radius 3 is 2.94 bits per heavy atom. The number of para-hydroxylation sites is 2. The van der Waals surface area contributed by atoms with Crippen LogP contribution < -0.4 is 5.73 Å². The molecule has 2 heterocycles. The molecule has 2 N–H and O–H groups in total. The third kappa shape index (κ3) is 1.71. The third-order valence-corrected chi connectivity index (χ3v) is 3.21. The van der Waals surface area contributed by atoms with Crippen LogP contribution in [0.5, 0.6) is 0 Å². The fourth-order valence-electron chi connectivity index (χ4n) is 1.85. The molecule has 17 heavy (non-hydrogen) atoms. The van der Waals surface area contributed by atoms with Gasteiger partial charge in [-0.25, -0.2) is 4.98 Å². The molecular weight excluding hydrogens is 234 g/mol. The van der Waals surface area contributed by atoms with E-state index in [0.717, 1.165) is 28.4 Å². The van der Waals surface area contributed by atoms with E-state index < -0.39 is 0 Å². The molecule has 3 aromatic rings. The summed E-state index contributed by atoms with van der Waals surface area (Å²) in [6.07, 6.45) is 0.730. The van der Waals surface area contributed by atoms with Gasteiger partial charge in [0, 0.05) is 6.42 Å². The molecule has 0 amide bonds. The summed E-state index contributed by atoms with van der Waals surface area (Å²) in [7, 11) is 0. The summed E-state index contributed by atoms with van der Waals surface area (Å²) in [4.78, 5) is 4.58. The van der Waals surface area contributed by atoms with E-state index in [1.165, 1.54) is 11.3 Å². The van der Waals surface area contributed by atoms with Crippen LogP contribution in [0.2, 0.25) is 0 Å². The second kappa shape index (κ2) is 4.23. The highest BCUT2D eigenvalue weighted by molar-refractivity contribution is 7.11. The Labute approximate surface area is 102 Å². The van der Waals surface area contributed by atoms with E-state index >= 15 is 0 Å². The summed E-state index contributed by atoms with van der Waals surface area (Å²) in [5.74, 6) is 0.936. The quantitative estimate of drug-likeness (QED) is 0.756. The molecule has 0 saturated heterocycles. The van der Waals surface area contributed by atoms with Crippen molar-refractivity contribution in [1.29, 1.82) is 0 Å². The first-order chi connectivity index (χ1) is 8.40. The van der Waals surface area contributed by atoms with E-state index in [-0.39, 0.29) is 0 Å². The highest BCUT2D eigenvalue weighted by atomic mass is 32.1. The normalized spacial score (nSPS) is 11.1. The van der Waals surface area contributed by atoms with Crippen molar-refractivity contribution in [2.24, 2.45) is 5.73 Å². The number of hydrogen-bond donors (Lipinski definition) is 1. The topological polar surface area (TPSA) is 69.6 Å². The predicted molar refractivity (Wildman–Crippen MR) is 67.3 cm³/mol. The highest BCUT2D eigenvalue weighted by Gasteiger charge is 2.13. The Morgan fingerprint density at radius 2 is 2.18 bits per heavy atom. The van der Waals surface area contributed by atoms with Crippen LogP contribution in [-0.4, -0.2) is 26.3 Å². The third-order valence-electron chi connectivity index (χ3n) is 2.54. The van der Waals surface area contributed by atoms with Gasteiger partial charge in [0.2, 0.25) is 5.13 Å². The second-order valence-corrected chi connectivity index (χ2v) is 4.42. The van der Waals surface area contributed by atoms with Crippen molar-refractivity contribution >= 4 is 22.4 Å². The van der Waals surface area contributed by atoms with Crippen molar-refractivity contribution in [1.82, 2.24) is 19.7 Å². The monoisotopic (exact) mass is 245 g/mol. The van der Waals surface area contributed by atoms with E-state index in [1.807, 2.05) is 28.8 Å². The van der Waals surface area contributed by atoms with Gasteiger partial charge in [0.15, 0.2) is 0 Å². The largest absolute Gasteiger partial charge is 0.330 e. The summed E-state index contributed by atoms with van der Waals surface area (Å²) < 4.78 is 2.03. The lowest BCUT2D eigenvalue weighted by Crippen LogP contribution is -2.08. The molecule has 2 aromatic heterocycles. The summed E-state index contributed by atoms with van der Waals surface area (Å²) in [5.41, 5.74) is 9.35. The molecule has 0 atom stereocenters. The first-order valence-corrected chi connectivity index (χ1v) is 6.21. The van der Waals surface area contributed by atoms with Gasteiger partial charge in [-0.05, 0) is 18.7 Å². The van der Waals surface area contributed by atoms with Gasteiger partial charge < -0.3 is 5.73 Å². The van der Waals surface area contributed by atoms with Gasteiger partial charge in [-0.15, -0.1) is 10.2 Å². The lowest BCUT2D eigenvalue weighted by molar-refractivity contribution is 0.835. The van der Waals surface area contributed by atoms with Crippen molar-refractivity contribution in [3.05, 3.63) is 35.6 Å². The highest BCUT2D eigenvalue weighted by Crippen LogP contribution is 2.22. The van der Waals surface area contributed by atoms with Crippen LogP contribution in [0, 0.1) is 0 Å². The van der Waals surface area contributed by atoms with Crippen LogP contribution >= 0.6 is 11.3 Å². The van der Waals surface area contributed by atoms with Gasteiger partial charge in [0.1, 0.15) is 11.3 Å². The Bertz CT molecular complexity index is 628. The number of fused-ring (bicyclic) bond motifs is 1. The molecule has 0 bridgehead atoms. The molecule has 0 spiro atoms. The van der Waals surface area contributed by atoms with Crippen molar-refractivity contribution in [3.63, 3.8) is 0 Å². The lowest BCUT2D eigenvalue weighted by atomic mass is 10.3. The Kier molecular flexibility index (Phi) is 2.58. The first-order valence-electron chi connectivity index (χ1n) is 5.33. The molecule has 0 radical (unpaired) electrons. The minimum absolute atomic E-state index is 0.572. The SMILES string of the molecule is NCCc1nc2ccccc2n1-c1nncs1. The molecule has 1 aromatic carbocycles. The fraction of sp³-hybridized carbons (Fsp3) is 0.182. The molecule has 86 valence electrons. The van der Waals surface area contributed by atoms with Crippen LogP contribution in [0.15, 0.2) is 29.8 Å². The van der Waals surface area contributed by atoms with E-state index in [0.29, 0.717) is 6.54 Å². The van der Waals surface area contributed by atoms with Crippen LogP contribution in [0.3, 0.4) is 0 Å². The predicted octanol–water partition coefficient (Wildman–Crippen LogP) is 1.38. The van der Waals surface area contributed by atoms with E-state index in [2.05, 4.69) is 15.2 Å². The number of aromatic nitrogens is 4. The molecule has 0 aliphatic rings. The fourth-order valence-corrected chi connectivity index (χ4v) is 2.44. The maximum atomic E-state index is 5.62. The van der Waals surface area contributed by atoms with E-state index in [9.17, 15) is 0 Å². The molecule has 0 aliphatic carbocycles. The number of imidazole rings is 1. The van der Waals surface area contributed by atoms with Gasteiger partial charge in [-0.3, -0.25) is 4.57 Å². The molecule has 3 rings (SSSR count). The Morgan fingerprint density at radius 1 is 1.29 bits per heavy atom. The number of nitrogens with zero attached hydrogens (tertiary/aromatic N) is 4. The number of benzene rings is 1. The zero-order valence-electron chi connectivity index (χ0n) is 9.08.